The fourth-order valence-electron chi connectivity index (χ4n) is 5.34. The van der Waals surface area contributed by atoms with Crippen molar-refractivity contribution >= 4 is 35.0 Å². The molecule has 1 spiro atoms. The Morgan fingerprint density at radius 3 is 2.57 bits per heavy atom. The number of hydrogen-bond donors (Lipinski definition) is 2. The summed E-state index contributed by atoms with van der Waals surface area (Å²) in [5, 5.41) is 21.5. The van der Waals surface area contributed by atoms with E-state index in [1.54, 1.807) is 12.4 Å². The number of rotatable bonds is 6. The van der Waals surface area contributed by atoms with Gasteiger partial charge in [0.05, 0.1) is 36.1 Å². The van der Waals surface area contributed by atoms with Crippen molar-refractivity contribution in [1.82, 2.24) is 15.0 Å². The highest BCUT2D eigenvalue weighted by molar-refractivity contribution is 7.99. The quantitative estimate of drug-likeness (QED) is 0.591. The Morgan fingerprint density at radius 2 is 1.94 bits per heavy atom. The Hall–Kier alpha value is -1.65. The number of pyridine rings is 1. The number of anilines is 2. The third-order valence-corrected chi connectivity index (χ3v) is 9.15. The van der Waals surface area contributed by atoms with Gasteiger partial charge in [-0.1, -0.05) is 23.4 Å². The molecule has 1 atom stereocenters. The van der Waals surface area contributed by atoms with Crippen LogP contribution >= 0.6 is 23.4 Å². The molecule has 2 aromatic heterocycles. The largest absolute Gasteiger partial charge is 0.390 e. The van der Waals surface area contributed by atoms with Gasteiger partial charge in [0, 0.05) is 43.2 Å². The van der Waals surface area contributed by atoms with Crippen LogP contribution in [0.5, 0.6) is 0 Å². The lowest BCUT2D eigenvalue weighted by molar-refractivity contribution is 0.00438. The number of hydrogen-bond acceptors (Lipinski definition) is 9. The van der Waals surface area contributed by atoms with Crippen molar-refractivity contribution < 1.29 is 14.9 Å². The average molecular weight is 520 g/mol. The standard InChI is InChI=1S/C25H34ClN5O3S/c1-16-10-25(15-34-16)5-8-30(9-6-25)22-18(14-32)29-20(11-28-22)35-19-4-7-27-23(21(19)26)31-12-17(13-31)24(2,3)33/h4,7,11,16-17,32-33H,5-6,8-10,12-15H2,1-3H3/t16-/m0/s1. The molecule has 190 valence electrons. The second-order valence-corrected chi connectivity index (χ2v) is 12.2. The predicted octanol–water partition coefficient (Wildman–Crippen LogP) is 3.77. The van der Waals surface area contributed by atoms with Crippen molar-refractivity contribution in [3.8, 4) is 0 Å². The fourth-order valence-corrected chi connectivity index (χ4v) is 6.48. The van der Waals surface area contributed by atoms with Crippen LogP contribution in [0.1, 0.15) is 45.7 Å². The molecule has 3 aliphatic heterocycles. The van der Waals surface area contributed by atoms with Crippen LogP contribution in [0.25, 0.3) is 0 Å². The molecule has 0 bridgehead atoms. The first kappa shape index (κ1) is 25.0. The van der Waals surface area contributed by atoms with Gasteiger partial charge < -0.3 is 24.7 Å². The number of piperidine rings is 1. The van der Waals surface area contributed by atoms with E-state index in [1.165, 1.54) is 11.8 Å². The van der Waals surface area contributed by atoms with Crippen LogP contribution in [0.4, 0.5) is 11.6 Å². The highest BCUT2D eigenvalue weighted by Crippen LogP contribution is 2.43. The lowest BCUT2D eigenvalue weighted by atomic mass is 9.77. The first-order chi connectivity index (χ1) is 16.7. The molecule has 0 amide bonds. The lowest BCUT2D eigenvalue weighted by Crippen LogP contribution is -2.56. The molecule has 0 aromatic carbocycles. The van der Waals surface area contributed by atoms with Crippen LogP contribution in [0.3, 0.4) is 0 Å². The second kappa shape index (κ2) is 9.67. The zero-order valence-corrected chi connectivity index (χ0v) is 22.1. The van der Waals surface area contributed by atoms with Crippen molar-refractivity contribution in [2.75, 3.05) is 42.6 Å². The van der Waals surface area contributed by atoms with E-state index >= 15 is 0 Å². The maximum Gasteiger partial charge on any atom is 0.152 e. The van der Waals surface area contributed by atoms with Crippen LogP contribution in [0.15, 0.2) is 28.4 Å². The van der Waals surface area contributed by atoms with Crippen LogP contribution in [-0.2, 0) is 11.3 Å². The monoisotopic (exact) mass is 519 g/mol. The van der Waals surface area contributed by atoms with E-state index < -0.39 is 5.60 Å². The zero-order valence-electron chi connectivity index (χ0n) is 20.6. The molecule has 10 heteroatoms. The normalized spacial score (nSPS) is 22.6. The third kappa shape index (κ3) is 5.11. The average Bonchev–Trinajstić information content (AvgIpc) is 3.14. The minimum Gasteiger partial charge on any atom is -0.390 e. The second-order valence-electron chi connectivity index (χ2n) is 10.8. The smallest absolute Gasteiger partial charge is 0.152 e. The molecule has 0 unspecified atom stereocenters. The summed E-state index contributed by atoms with van der Waals surface area (Å²) in [7, 11) is 0. The third-order valence-electron chi connectivity index (χ3n) is 7.70. The minimum atomic E-state index is -0.717. The van der Waals surface area contributed by atoms with Gasteiger partial charge >= 0.3 is 0 Å². The van der Waals surface area contributed by atoms with Crippen LogP contribution in [-0.4, -0.2) is 69.7 Å². The molecule has 0 aliphatic carbocycles. The minimum absolute atomic E-state index is 0.167. The van der Waals surface area contributed by atoms with Gasteiger partial charge in [0.25, 0.3) is 0 Å². The molecule has 3 aliphatic rings. The molecule has 3 fully saturated rings. The van der Waals surface area contributed by atoms with Gasteiger partial charge in [-0.15, -0.1) is 0 Å². The highest BCUT2D eigenvalue weighted by atomic mass is 35.5. The molecular weight excluding hydrogens is 486 g/mol. The topological polar surface area (TPSA) is 94.8 Å². The molecule has 5 heterocycles. The van der Waals surface area contributed by atoms with Gasteiger partial charge in [-0.05, 0) is 51.5 Å². The van der Waals surface area contributed by atoms with Gasteiger partial charge in [0.1, 0.15) is 16.5 Å². The Labute approximate surface area is 216 Å². The molecule has 3 saturated heterocycles. The summed E-state index contributed by atoms with van der Waals surface area (Å²) < 4.78 is 5.85. The molecule has 35 heavy (non-hydrogen) atoms. The van der Waals surface area contributed by atoms with Crippen molar-refractivity contribution in [3.63, 3.8) is 0 Å². The van der Waals surface area contributed by atoms with Gasteiger partial charge in [0.15, 0.2) is 5.82 Å². The molecule has 0 saturated carbocycles. The Kier molecular flexibility index (Phi) is 6.91. The summed E-state index contributed by atoms with van der Waals surface area (Å²) in [6.07, 6.45) is 7.11. The number of ether oxygens (including phenoxy) is 1. The van der Waals surface area contributed by atoms with Gasteiger partial charge in [-0.2, -0.15) is 0 Å². The van der Waals surface area contributed by atoms with Crippen molar-refractivity contribution in [1.29, 1.82) is 0 Å². The Bertz CT molecular complexity index is 1070. The van der Waals surface area contributed by atoms with Gasteiger partial charge in [0.2, 0.25) is 0 Å². The van der Waals surface area contributed by atoms with Crippen LogP contribution < -0.4 is 9.80 Å². The fraction of sp³-hybridized carbons (Fsp3) is 0.640. The van der Waals surface area contributed by atoms with E-state index in [2.05, 4.69) is 21.7 Å². The summed E-state index contributed by atoms with van der Waals surface area (Å²) in [5.74, 6) is 1.67. The van der Waals surface area contributed by atoms with Crippen LogP contribution in [0.2, 0.25) is 5.02 Å². The summed E-state index contributed by atoms with van der Waals surface area (Å²) in [4.78, 5) is 19.1. The van der Waals surface area contributed by atoms with E-state index in [1.807, 2.05) is 19.9 Å². The maximum absolute atomic E-state index is 10.2. The first-order valence-corrected chi connectivity index (χ1v) is 13.5. The van der Waals surface area contributed by atoms with Gasteiger partial charge in [-0.25, -0.2) is 15.0 Å². The predicted molar refractivity (Wildman–Crippen MR) is 137 cm³/mol. The number of aromatic nitrogens is 3. The molecule has 5 rings (SSSR count). The maximum atomic E-state index is 10.2. The summed E-state index contributed by atoms with van der Waals surface area (Å²) in [6, 6.07) is 1.87. The first-order valence-electron chi connectivity index (χ1n) is 12.3. The SMILES string of the molecule is C[C@H]1CC2(CCN(c3ncc(Sc4ccnc(N5CC(C(C)(C)O)C5)c4Cl)nc3CO)CC2)CO1. The Balaban J connectivity index is 1.27. The molecule has 2 N–H and O–H groups in total. The summed E-state index contributed by atoms with van der Waals surface area (Å²) in [5.41, 5.74) is 0.159. The van der Waals surface area contributed by atoms with Gasteiger partial charge in [-0.3, -0.25) is 0 Å². The number of aliphatic hydroxyl groups is 2. The van der Waals surface area contributed by atoms with E-state index in [-0.39, 0.29) is 17.9 Å². The Morgan fingerprint density at radius 1 is 1.20 bits per heavy atom. The zero-order chi connectivity index (χ0) is 24.8. The van der Waals surface area contributed by atoms with E-state index in [0.717, 1.165) is 68.6 Å². The van der Waals surface area contributed by atoms with Crippen molar-refractivity contribution in [2.24, 2.45) is 11.3 Å². The summed E-state index contributed by atoms with van der Waals surface area (Å²) in [6.45, 7) is 9.73. The summed E-state index contributed by atoms with van der Waals surface area (Å²) >= 11 is 8.14. The lowest BCUT2D eigenvalue weighted by Gasteiger charge is -2.46. The highest BCUT2D eigenvalue weighted by Gasteiger charge is 2.41. The molecule has 0 radical (unpaired) electrons. The molecular formula is C25H34ClN5O3S. The van der Waals surface area contributed by atoms with E-state index in [4.69, 9.17) is 26.3 Å². The van der Waals surface area contributed by atoms with E-state index in [9.17, 15) is 10.2 Å². The number of aliphatic hydroxyl groups excluding tert-OH is 1. The van der Waals surface area contributed by atoms with Crippen molar-refractivity contribution in [3.05, 3.63) is 29.2 Å². The number of halogens is 1. The molecule has 2 aromatic rings. The van der Waals surface area contributed by atoms with Crippen molar-refractivity contribution in [2.45, 2.75) is 68.3 Å². The number of nitrogens with zero attached hydrogens (tertiary/aromatic N) is 5. The molecule has 8 nitrogen and oxygen atoms in total. The van der Waals surface area contributed by atoms with E-state index in [0.29, 0.717) is 21.8 Å². The van der Waals surface area contributed by atoms with Crippen LogP contribution in [0, 0.1) is 11.3 Å².